The molecule has 3 aromatic heterocycles. The number of rotatable bonds is 24. The van der Waals surface area contributed by atoms with Crippen LogP contribution in [0.3, 0.4) is 0 Å². The van der Waals surface area contributed by atoms with Crippen LogP contribution in [0.4, 0.5) is 26.4 Å². The molecule has 2 aromatic carbocycles. The van der Waals surface area contributed by atoms with Crippen LogP contribution in [0, 0.1) is 18.6 Å². The summed E-state index contributed by atoms with van der Waals surface area (Å²) in [6.45, 7) is 3.73. The number of imide groups is 2. The van der Waals surface area contributed by atoms with Gasteiger partial charge in [0, 0.05) is 55.9 Å². The number of anilines is 3. The van der Waals surface area contributed by atoms with Crippen LogP contribution in [0.1, 0.15) is 154 Å². The number of piperidine rings is 2. The van der Waals surface area contributed by atoms with Gasteiger partial charge in [-0.3, -0.25) is 39.3 Å². The third-order valence-electron chi connectivity index (χ3n) is 13.2. The number of halogens is 2. The molecule has 6 heterocycles. The Labute approximate surface area is 399 Å². The Balaban J connectivity index is 0.662. The molecule has 5 aromatic rings. The molecule has 69 heavy (non-hydrogen) atoms. The van der Waals surface area contributed by atoms with Gasteiger partial charge in [0.1, 0.15) is 29.2 Å². The number of carbonyl (C=O) groups is 5. The molecule has 17 nitrogen and oxygen atoms in total. The normalized spacial score (nSPS) is 16.4. The summed E-state index contributed by atoms with van der Waals surface area (Å²) in [5, 5.41) is 21.1. The van der Waals surface area contributed by atoms with Gasteiger partial charge in [-0.05, 0) is 63.3 Å². The van der Waals surface area contributed by atoms with E-state index in [9.17, 15) is 32.8 Å². The SMILES string of the molecule is Cc1cc(Nc2nc(NCc3ccc(F)cc3F)nc3c2cnn3C2CCN(C(=O)CCCCCCCCCCCCCCCOc3ccc4c(c3)C(=O)N(C3CCC(=O)NC3=O)C4=O)CC2)n[nH]1. The van der Waals surface area contributed by atoms with Crippen molar-refractivity contribution in [1.82, 2.24) is 45.1 Å². The van der Waals surface area contributed by atoms with Crippen molar-refractivity contribution in [3.8, 4) is 5.75 Å². The van der Waals surface area contributed by atoms with Gasteiger partial charge in [-0.15, -0.1) is 0 Å². The van der Waals surface area contributed by atoms with Crippen molar-refractivity contribution in [2.75, 3.05) is 30.3 Å². The first-order chi connectivity index (χ1) is 33.5. The molecule has 5 amide bonds. The van der Waals surface area contributed by atoms with E-state index in [0.29, 0.717) is 54.5 Å². The zero-order valence-electron chi connectivity index (χ0n) is 39.2. The Morgan fingerprint density at radius 1 is 0.812 bits per heavy atom. The minimum Gasteiger partial charge on any atom is -0.494 e. The Bertz CT molecular complexity index is 2640. The summed E-state index contributed by atoms with van der Waals surface area (Å²) in [4.78, 5) is 75.3. The number of nitrogens with zero attached hydrogens (tertiary/aromatic N) is 7. The maximum atomic E-state index is 14.4. The standard InChI is InChI=1S/C50H61F2N11O6/c1-32-27-42(60-59-32)55-45-39-31-54-63(46(39)58-50(57-45)53-30-33-16-17-34(51)28-40(33)52)35-22-24-61(25-23-35)44(65)15-13-11-9-7-5-3-2-4-6-8-10-12-14-26-69-36-18-19-37-38(29-36)49(68)62(48(37)67)41-20-21-43(64)56-47(41)66/h16-19,27-29,31,35,41H,2-15,20-26,30H2,1H3,(H,56,64,66)(H3,53,55,57,58,59,60). The number of nitrogens with one attached hydrogen (secondary N) is 4. The Morgan fingerprint density at radius 2 is 1.51 bits per heavy atom. The average Bonchev–Trinajstić information content (AvgIpc) is 4.03. The number of aryl methyl sites for hydroxylation is 1. The Morgan fingerprint density at radius 3 is 2.19 bits per heavy atom. The molecule has 0 bridgehead atoms. The summed E-state index contributed by atoms with van der Waals surface area (Å²) in [5.74, 6) is -1.38. The highest BCUT2D eigenvalue weighted by molar-refractivity contribution is 6.23. The summed E-state index contributed by atoms with van der Waals surface area (Å²) in [7, 11) is 0. The molecular weight excluding hydrogens is 889 g/mol. The third kappa shape index (κ3) is 12.3. The lowest BCUT2D eigenvalue weighted by Crippen LogP contribution is -2.54. The van der Waals surface area contributed by atoms with Gasteiger partial charge in [0.05, 0.1) is 35.4 Å². The van der Waals surface area contributed by atoms with Crippen molar-refractivity contribution >= 4 is 58.2 Å². The van der Waals surface area contributed by atoms with E-state index in [-0.39, 0.29) is 54.0 Å². The number of aromatic amines is 1. The average molecular weight is 950 g/mol. The number of fused-ring (bicyclic) bond motifs is 2. The summed E-state index contributed by atoms with van der Waals surface area (Å²) in [6.07, 6.45) is 18.6. The van der Waals surface area contributed by atoms with Gasteiger partial charge in [0.15, 0.2) is 11.5 Å². The zero-order valence-corrected chi connectivity index (χ0v) is 39.2. The molecule has 1 unspecified atom stereocenters. The van der Waals surface area contributed by atoms with E-state index in [1.54, 1.807) is 24.4 Å². The highest BCUT2D eigenvalue weighted by Crippen LogP contribution is 2.32. The monoisotopic (exact) mass is 949 g/mol. The predicted octanol–water partition coefficient (Wildman–Crippen LogP) is 8.60. The van der Waals surface area contributed by atoms with Crippen molar-refractivity contribution in [3.63, 3.8) is 0 Å². The number of H-pyrrole nitrogens is 1. The molecule has 0 aliphatic carbocycles. The second-order valence-electron chi connectivity index (χ2n) is 18.3. The molecule has 19 heteroatoms. The molecule has 3 aliphatic heterocycles. The number of likely N-dealkylation sites (tertiary alicyclic amines) is 1. The van der Waals surface area contributed by atoms with Gasteiger partial charge in [0.25, 0.3) is 11.8 Å². The van der Waals surface area contributed by atoms with Gasteiger partial charge in [0.2, 0.25) is 23.7 Å². The molecule has 366 valence electrons. The first-order valence-electron chi connectivity index (χ1n) is 24.5. The van der Waals surface area contributed by atoms with Gasteiger partial charge in [-0.25, -0.2) is 13.5 Å². The quantitative estimate of drug-likeness (QED) is 0.0339. The van der Waals surface area contributed by atoms with Crippen molar-refractivity contribution in [2.24, 2.45) is 0 Å². The van der Waals surface area contributed by atoms with E-state index in [1.807, 2.05) is 22.6 Å². The van der Waals surface area contributed by atoms with Crippen molar-refractivity contribution in [3.05, 3.63) is 82.7 Å². The largest absolute Gasteiger partial charge is 0.494 e. The molecule has 2 fully saturated rings. The minimum absolute atomic E-state index is 0.0229. The smallest absolute Gasteiger partial charge is 0.262 e. The number of carbonyl (C=O) groups excluding carboxylic acids is 5. The predicted molar refractivity (Wildman–Crippen MR) is 254 cm³/mol. The van der Waals surface area contributed by atoms with E-state index in [2.05, 4.69) is 31.1 Å². The van der Waals surface area contributed by atoms with Crippen LogP contribution in [0.2, 0.25) is 0 Å². The molecular formula is C50H61F2N11O6. The van der Waals surface area contributed by atoms with E-state index in [0.717, 1.165) is 68.0 Å². The second kappa shape index (κ2) is 23.0. The summed E-state index contributed by atoms with van der Waals surface area (Å²) in [5.41, 5.74) is 2.21. The Hall–Kier alpha value is -6.79. The van der Waals surface area contributed by atoms with Crippen LogP contribution in [0.25, 0.3) is 11.0 Å². The first kappa shape index (κ1) is 48.7. The third-order valence-corrected chi connectivity index (χ3v) is 13.2. The van der Waals surface area contributed by atoms with Crippen LogP contribution in [-0.4, -0.2) is 95.0 Å². The molecule has 0 saturated carbocycles. The highest BCUT2D eigenvalue weighted by Gasteiger charge is 2.44. The summed E-state index contributed by atoms with van der Waals surface area (Å²) < 4.78 is 35.7. The molecule has 3 aliphatic rings. The number of ether oxygens (including phenoxy) is 1. The molecule has 2 saturated heterocycles. The lowest BCUT2D eigenvalue weighted by atomic mass is 10.0. The van der Waals surface area contributed by atoms with Crippen LogP contribution in [0.15, 0.2) is 48.7 Å². The number of hydrogen-bond acceptors (Lipinski definition) is 12. The van der Waals surface area contributed by atoms with E-state index >= 15 is 0 Å². The lowest BCUT2D eigenvalue weighted by Gasteiger charge is -2.32. The number of hydrogen-bond donors (Lipinski definition) is 4. The van der Waals surface area contributed by atoms with E-state index < -0.39 is 41.3 Å². The molecule has 1 atom stereocenters. The van der Waals surface area contributed by atoms with Crippen LogP contribution >= 0.6 is 0 Å². The maximum absolute atomic E-state index is 14.4. The van der Waals surface area contributed by atoms with Gasteiger partial charge >= 0.3 is 0 Å². The summed E-state index contributed by atoms with van der Waals surface area (Å²) >= 11 is 0. The van der Waals surface area contributed by atoms with Crippen molar-refractivity contribution < 1.29 is 37.5 Å². The molecule has 8 rings (SSSR count). The second-order valence-corrected chi connectivity index (χ2v) is 18.3. The van der Waals surface area contributed by atoms with Gasteiger partial charge < -0.3 is 20.3 Å². The van der Waals surface area contributed by atoms with Gasteiger partial charge in [-0.1, -0.05) is 76.7 Å². The first-order valence-corrected chi connectivity index (χ1v) is 24.5. The van der Waals surface area contributed by atoms with Crippen molar-refractivity contribution in [2.45, 2.75) is 141 Å². The van der Waals surface area contributed by atoms with Crippen molar-refractivity contribution in [1.29, 1.82) is 0 Å². The molecule has 0 spiro atoms. The maximum Gasteiger partial charge on any atom is 0.262 e. The Kier molecular flexibility index (Phi) is 16.2. The van der Waals surface area contributed by atoms with Gasteiger partial charge in [-0.2, -0.15) is 20.2 Å². The number of amides is 5. The minimum atomic E-state index is -0.988. The van der Waals surface area contributed by atoms with Crippen LogP contribution in [0.5, 0.6) is 5.75 Å². The zero-order chi connectivity index (χ0) is 48.3. The van der Waals surface area contributed by atoms with E-state index in [1.165, 1.54) is 57.1 Å². The fourth-order valence-corrected chi connectivity index (χ4v) is 9.38. The fourth-order valence-electron chi connectivity index (χ4n) is 9.38. The topological polar surface area (TPSA) is 209 Å². The number of aromatic nitrogens is 6. The van der Waals surface area contributed by atoms with Crippen LogP contribution in [-0.2, 0) is 20.9 Å². The number of unbranched alkanes of at least 4 members (excludes halogenated alkanes) is 12. The highest BCUT2D eigenvalue weighted by atomic mass is 19.1. The fraction of sp³-hybridized carbons (Fsp3) is 0.500. The lowest BCUT2D eigenvalue weighted by molar-refractivity contribution is -0.136. The summed E-state index contributed by atoms with van der Waals surface area (Å²) in [6, 6.07) is 9.15. The van der Waals surface area contributed by atoms with E-state index in [4.69, 9.17) is 14.8 Å². The number of benzene rings is 2. The molecule has 0 radical (unpaired) electrons. The molecule has 4 N–H and O–H groups in total. The van der Waals surface area contributed by atoms with Crippen LogP contribution < -0.4 is 20.7 Å².